The van der Waals surface area contributed by atoms with E-state index in [1.165, 1.54) is 6.21 Å². The Morgan fingerprint density at radius 2 is 1.59 bits per heavy atom. The van der Waals surface area contributed by atoms with Crippen LogP contribution in [0.3, 0.4) is 0 Å². The number of hydrogen-bond donors (Lipinski definition) is 1. The number of anilines is 1. The van der Waals surface area contributed by atoms with E-state index in [1.54, 1.807) is 42.5 Å². The molecule has 0 radical (unpaired) electrons. The molecule has 3 aromatic carbocycles. The molecule has 0 aliphatic rings. The van der Waals surface area contributed by atoms with Crippen molar-refractivity contribution in [1.29, 1.82) is 0 Å². The van der Waals surface area contributed by atoms with Gasteiger partial charge in [0.15, 0.2) is 0 Å². The van der Waals surface area contributed by atoms with E-state index in [9.17, 15) is 8.42 Å². The van der Waals surface area contributed by atoms with Crippen LogP contribution in [-0.4, -0.2) is 14.6 Å². The van der Waals surface area contributed by atoms with Gasteiger partial charge in [-0.1, -0.05) is 71.4 Å². The van der Waals surface area contributed by atoms with Crippen molar-refractivity contribution in [2.24, 2.45) is 5.16 Å². The van der Waals surface area contributed by atoms with Crippen molar-refractivity contribution in [1.82, 2.24) is 0 Å². The van der Waals surface area contributed by atoms with Crippen LogP contribution in [0.2, 0.25) is 0 Å². The summed E-state index contributed by atoms with van der Waals surface area (Å²) in [5, 5.41) is 3.95. The number of para-hydroxylation sites is 1. The van der Waals surface area contributed by atoms with Crippen LogP contribution in [0.1, 0.15) is 16.7 Å². The normalized spacial score (nSPS) is 11.4. The van der Waals surface area contributed by atoms with Gasteiger partial charge in [-0.2, -0.15) is 0 Å². The third kappa shape index (κ3) is 5.18. The van der Waals surface area contributed by atoms with Gasteiger partial charge in [-0.3, -0.25) is 4.72 Å². The van der Waals surface area contributed by atoms with Gasteiger partial charge in [-0.15, -0.1) is 0 Å². The molecule has 0 unspecified atom stereocenters. The fourth-order valence-corrected chi connectivity index (χ4v) is 3.49. The topological polar surface area (TPSA) is 67.8 Å². The average molecular weight is 380 g/mol. The maximum Gasteiger partial charge on any atom is 0.261 e. The van der Waals surface area contributed by atoms with E-state index in [0.29, 0.717) is 17.9 Å². The van der Waals surface area contributed by atoms with Crippen molar-refractivity contribution < 1.29 is 13.3 Å². The van der Waals surface area contributed by atoms with Crippen molar-refractivity contribution in [2.45, 2.75) is 18.4 Å². The molecule has 138 valence electrons. The lowest BCUT2D eigenvalue weighted by Gasteiger charge is -2.10. The molecule has 6 heteroatoms. The number of nitrogens with one attached hydrogen (secondary N) is 1. The van der Waals surface area contributed by atoms with Gasteiger partial charge in [0.1, 0.15) is 6.61 Å². The highest BCUT2D eigenvalue weighted by atomic mass is 32.2. The highest BCUT2D eigenvalue weighted by Gasteiger charge is 2.15. The predicted octanol–water partition coefficient (Wildman–Crippen LogP) is 4.35. The Bertz CT molecular complexity index is 1010. The van der Waals surface area contributed by atoms with E-state index in [2.05, 4.69) is 9.88 Å². The number of aryl methyl sites for hydroxylation is 1. The van der Waals surface area contributed by atoms with Crippen molar-refractivity contribution in [3.8, 4) is 0 Å². The first kappa shape index (κ1) is 18.7. The van der Waals surface area contributed by atoms with Crippen LogP contribution in [0.4, 0.5) is 5.69 Å². The van der Waals surface area contributed by atoms with E-state index in [-0.39, 0.29) is 4.90 Å². The quantitative estimate of drug-likeness (QED) is 0.489. The Balaban J connectivity index is 1.72. The average Bonchev–Trinajstić information content (AvgIpc) is 2.67. The second kappa shape index (κ2) is 8.51. The highest BCUT2D eigenvalue weighted by Crippen LogP contribution is 2.19. The summed E-state index contributed by atoms with van der Waals surface area (Å²) in [5.74, 6) is 0. The van der Waals surface area contributed by atoms with E-state index < -0.39 is 10.0 Å². The minimum atomic E-state index is -3.68. The van der Waals surface area contributed by atoms with Gasteiger partial charge in [0.05, 0.1) is 16.8 Å². The largest absolute Gasteiger partial charge is 0.391 e. The smallest absolute Gasteiger partial charge is 0.261 e. The summed E-state index contributed by atoms with van der Waals surface area (Å²) in [6.45, 7) is 2.25. The molecule has 0 aliphatic carbocycles. The van der Waals surface area contributed by atoms with Crippen LogP contribution in [-0.2, 0) is 21.5 Å². The molecule has 5 nitrogen and oxygen atoms in total. The third-order valence-electron chi connectivity index (χ3n) is 3.88. The fourth-order valence-electron chi connectivity index (χ4n) is 2.40. The number of benzene rings is 3. The molecule has 0 heterocycles. The first-order valence-electron chi connectivity index (χ1n) is 8.42. The second-order valence-corrected chi connectivity index (χ2v) is 7.68. The van der Waals surface area contributed by atoms with Gasteiger partial charge in [0.2, 0.25) is 0 Å². The lowest BCUT2D eigenvalue weighted by molar-refractivity contribution is 0.132. The summed E-state index contributed by atoms with van der Waals surface area (Å²) in [7, 11) is -3.68. The minimum Gasteiger partial charge on any atom is -0.391 e. The van der Waals surface area contributed by atoms with E-state index >= 15 is 0 Å². The van der Waals surface area contributed by atoms with Crippen LogP contribution in [0, 0.1) is 6.92 Å². The van der Waals surface area contributed by atoms with Crippen LogP contribution in [0.25, 0.3) is 0 Å². The number of nitrogens with zero attached hydrogens (tertiary/aromatic N) is 1. The minimum absolute atomic E-state index is 0.208. The molecule has 3 rings (SSSR count). The fraction of sp³-hybridized carbons (Fsp3) is 0.0952. The molecule has 0 saturated heterocycles. The summed E-state index contributed by atoms with van der Waals surface area (Å²) in [5.41, 5.74) is 3.05. The zero-order valence-electron chi connectivity index (χ0n) is 14.9. The standard InChI is InChI=1S/C21H20N2O3S/c1-17-11-13-20(14-12-17)27(24,25)23-21-10-6-5-9-19(21)15-22-26-16-18-7-3-2-4-8-18/h2-15,23H,16H2,1H3/b22-15+. The Hall–Kier alpha value is -3.12. The van der Waals surface area contributed by atoms with Crippen LogP contribution in [0.5, 0.6) is 0 Å². The number of oxime groups is 1. The highest BCUT2D eigenvalue weighted by molar-refractivity contribution is 7.92. The Morgan fingerprint density at radius 3 is 2.33 bits per heavy atom. The monoisotopic (exact) mass is 380 g/mol. The second-order valence-electron chi connectivity index (χ2n) is 6.00. The zero-order chi connectivity index (χ0) is 19.1. The lowest BCUT2D eigenvalue weighted by atomic mass is 10.2. The maximum absolute atomic E-state index is 12.6. The molecule has 0 bridgehead atoms. The van der Waals surface area contributed by atoms with Gasteiger partial charge in [0.25, 0.3) is 10.0 Å². The van der Waals surface area contributed by atoms with Crippen molar-refractivity contribution in [3.05, 3.63) is 95.6 Å². The van der Waals surface area contributed by atoms with Crippen molar-refractivity contribution >= 4 is 21.9 Å². The molecule has 1 N–H and O–H groups in total. The summed E-state index contributed by atoms with van der Waals surface area (Å²) >= 11 is 0. The van der Waals surface area contributed by atoms with Crippen LogP contribution in [0.15, 0.2) is 88.9 Å². The molecule has 0 aromatic heterocycles. The van der Waals surface area contributed by atoms with Gasteiger partial charge in [-0.25, -0.2) is 8.42 Å². The van der Waals surface area contributed by atoms with Crippen molar-refractivity contribution in [2.75, 3.05) is 4.72 Å². The van der Waals surface area contributed by atoms with Gasteiger partial charge < -0.3 is 4.84 Å². The summed E-state index contributed by atoms with van der Waals surface area (Å²) < 4.78 is 27.8. The molecule has 0 aliphatic heterocycles. The predicted molar refractivity (Wildman–Crippen MR) is 107 cm³/mol. The number of sulfonamides is 1. The Kier molecular flexibility index (Phi) is 5.88. The molecule has 27 heavy (non-hydrogen) atoms. The molecule has 0 atom stereocenters. The molecular formula is C21H20N2O3S. The van der Waals surface area contributed by atoms with Crippen LogP contribution >= 0.6 is 0 Å². The van der Waals surface area contributed by atoms with Gasteiger partial charge in [0, 0.05) is 5.56 Å². The SMILES string of the molecule is Cc1ccc(S(=O)(=O)Nc2ccccc2/C=N/OCc2ccccc2)cc1. The third-order valence-corrected chi connectivity index (χ3v) is 5.26. The Labute approximate surface area is 159 Å². The van der Waals surface area contributed by atoms with E-state index in [4.69, 9.17) is 4.84 Å². The molecule has 0 saturated carbocycles. The van der Waals surface area contributed by atoms with E-state index in [1.807, 2.05) is 43.3 Å². The van der Waals surface area contributed by atoms with E-state index in [0.717, 1.165) is 11.1 Å². The Morgan fingerprint density at radius 1 is 0.926 bits per heavy atom. The van der Waals surface area contributed by atoms with Gasteiger partial charge in [-0.05, 0) is 30.7 Å². The maximum atomic E-state index is 12.6. The van der Waals surface area contributed by atoms with Crippen molar-refractivity contribution in [3.63, 3.8) is 0 Å². The molecule has 0 amide bonds. The first-order chi connectivity index (χ1) is 13.0. The zero-order valence-corrected chi connectivity index (χ0v) is 15.7. The summed E-state index contributed by atoms with van der Waals surface area (Å²) in [6.07, 6.45) is 1.50. The molecule has 0 spiro atoms. The lowest BCUT2D eigenvalue weighted by Crippen LogP contribution is -2.14. The summed E-state index contributed by atoms with van der Waals surface area (Å²) in [4.78, 5) is 5.51. The molecule has 3 aromatic rings. The van der Waals surface area contributed by atoms with Crippen LogP contribution < -0.4 is 4.72 Å². The molecular weight excluding hydrogens is 360 g/mol. The molecule has 0 fully saturated rings. The van der Waals surface area contributed by atoms with Gasteiger partial charge >= 0.3 is 0 Å². The summed E-state index contributed by atoms with van der Waals surface area (Å²) in [6, 6.07) is 23.4. The number of hydrogen-bond acceptors (Lipinski definition) is 4. The first-order valence-corrected chi connectivity index (χ1v) is 9.91. The number of rotatable bonds is 7.